The summed E-state index contributed by atoms with van der Waals surface area (Å²) in [4.78, 5) is 0. The molecule has 1 saturated carbocycles. The third-order valence-electron chi connectivity index (χ3n) is 4.52. The second kappa shape index (κ2) is 7.48. The van der Waals surface area contributed by atoms with Gasteiger partial charge in [-0.3, -0.25) is 11.3 Å². The van der Waals surface area contributed by atoms with Crippen molar-refractivity contribution in [1.82, 2.24) is 5.43 Å². The van der Waals surface area contributed by atoms with Crippen LogP contribution in [0.3, 0.4) is 0 Å². The van der Waals surface area contributed by atoms with Crippen LogP contribution in [0, 0.1) is 17.8 Å². The number of halogens is 3. The van der Waals surface area contributed by atoms with Gasteiger partial charge in [-0.25, -0.2) is 0 Å². The lowest BCUT2D eigenvalue weighted by Crippen LogP contribution is -2.42. The Morgan fingerprint density at radius 1 is 1.11 bits per heavy atom. The molecule has 0 spiro atoms. The zero-order valence-electron chi connectivity index (χ0n) is 12.0. The van der Waals surface area contributed by atoms with E-state index in [2.05, 4.69) is 19.3 Å². The highest BCUT2D eigenvalue weighted by molar-refractivity contribution is 4.82. The van der Waals surface area contributed by atoms with Crippen molar-refractivity contribution >= 4 is 0 Å². The highest BCUT2D eigenvalue weighted by Gasteiger charge is 2.30. The van der Waals surface area contributed by atoms with Crippen molar-refractivity contribution < 1.29 is 13.2 Å². The van der Waals surface area contributed by atoms with Crippen molar-refractivity contribution in [2.75, 3.05) is 0 Å². The van der Waals surface area contributed by atoms with Crippen LogP contribution >= 0.6 is 0 Å². The highest BCUT2D eigenvalue weighted by atomic mass is 19.4. The predicted molar refractivity (Wildman–Crippen MR) is 71.3 cm³/mol. The fourth-order valence-electron chi connectivity index (χ4n) is 3.19. The number of nitrogens with one attached hydrogen (secondary N) is 1. The summed E-state index contributed by atoms with van der Waals surface area (Å²) in [6, 6.07) is 0.0375. The fraction of sp³-hybridized carbons (Fsp3) is 1.00. The molecule has 2 nitrogen and oxygen atoms in total. The van der Waals surface area contributed by atoms with E-state index in [4.69, 9.17) is 5.84 Å². The number of nitrogens with two attached hydrogens (primary N) is 1. The smallest absolute Gasteiger partial charge is 0.271 e. The maximum Gasteiger partial charge on any atom is 0.389 e. The maximum absolute atomic E-state index is 12.1. The quantitative estimate of drug-likeness (QED) is 0.570. The molecule has 3 N–H and O–H groups in total. The Bertz CT molecular complexity index is 246. The Morgan fingerprint density at radius 2 is 1.63 bits per heavy atom. The van der Waals surface area contributed by atoms with Gasteiger partial charge in [0.1, 0.15) is 0 Å². The molecule has 0 radical (unpaired) electrons. The summed E-state index contributed by atoms with van der Waals surface area (Å²) < 4.78 is 36.4. The molecule has 0 aromatic rings. The summed E-state index contributed by atoms with van der Waals surface area (Å²) in [7, 11) is 0. The van der Waals surface area contributed by atoms with Crippen LogP contribution in [0.25, 0.3) is 0 Å². The first kappa shape index (κ1) is 16.8. The van der Waals surface area contributed by atoms with E-state index in [9.17, 15) is 13.2 Å². The summed E-state index contributed by atoms with van der Waals surface area (Å²) in [5, 5.41) is 0. The molecule has 19 heavy (non-hydrogen) atoms. The summed E-state index contributed by atoms with van der Waals surface area (Å²) in [6.07, 6.45) is 0.476. The lowest BCUT2D eigenvalue weighted by atomic mass is 9.74. The molecular formula is C14H27F3N2. The van der Waals surface area contributed by atoms with E-state index in [1.807, 2.05) is 0 Å². The Morgan fingerprint density at radius 3 is 2.05 bits per heavy atom. The van der Waals surface area contributed by atoms with E-state index in [1.165, 1.54) is 12.8 Å². The van der Waals surface area contributed by atoms with Gasteiger partial charge in [-0.1, -0.05) is 13.8 Å². The molecule has 1 fully saturated rings. The first-order valence-electron chi connectivity index (χ1n) is 7.36. The van der Waals surface area contributed by atoms with Crippen molar-refractivity contribution in [3.63, 3.8) is 0 Å². The lowest BCUT2D eigenvalue weighted by molar-refractivity contribution is -0.136. The zero-order valence-corrected chi connectivity index (χ0v) is 12.0. The third-order valence-corrected chi connectivity index (χ3v) is 4.52. The van der Waals surface area contributed by atoms with Crippen LogP contribution < -0.4 is 11.3 Å². The molecule has 0 saturated heterocycles. The van der Waals surface area contributed by atoms with Gasteiger partial charge in [-0.15, -0.1) is 0 Å². The van der Waals surface area contributed by atoms with Gasteiger partial charge in [-0.2, -0.15) is 13.2 Å². The molecule has 0 aliphatic heterocycles. The molecule has 1 aliphatic rings. The second-order valence-corrected chi connectivity index (χ2v) is 6.20. The third kappa shape index (κ3) is 6.13. The molecule has 0 bridgehead atoms. The van der Waals surface area contributed by atoms with Gasteiger partial charge in [0, 0.05) is 12.5 Å². The Labute approximate surface area is 114 Å². The molecule has 1 atom stereocenters. The monoisotopic (exact) mass is 280 g/mol. The van der Waals surface area contributed by atoms with E-state index in [1.54, 1.807) is 0 Å². The van der Waals surface area contributed by atoms with Crippen molar-refractivity contribution in [2.24, 2.45) is 23.6 Å². The molecular weight excluding hydrogens is 253 g/mol. The largest absolute Gasteiger partial charge is 0.389 e. The van der Waals surface area contributed by atoms with Crippen molar-refractivity contribution in [2.45, 2.75) is 71.0 Å². The van der Waals surface area contributed by atoms with Crippen molar-refractivity contribution in [3.05, 3.63) is 0 Å². The number of hydrogen-bond donors (Lipinski definition) is 2. The highest BCUT2D eigenvalue weighted by Crippen LogP contribution is 2.36. The van der Waals surface area contributed by atoms with Crippen LogP contribution in [0.1, 0.15) is 58.8 Å². The summed E-state index contributed by atoms with van der Waals surface area (Å²) in [5.74, 6) is 7.43. The lowest BCUT2D eigenvalue weighted by Gasteiger charge is -2.35. The Hall–Kier alpha value is -0.290. The van der Waals surface area contributed by atoms with Gasteiger partial charge in [0.25, 0.3) is 0 Å². The minimum atomic E-state index is -4.05. The van der Waals surface area contributed by atoms with Gasteiger partial charge in [-0.05, 0) is 56.3 Å². The van der Waals surface area contributed by atoms with E-state index in [0.29, 0.717) is 18.3 Å². The summed E-state index contributed by atoms with van der Waals surface area (Å²) in [5.41, 5.74) is 2.73. The minimum absolute atomic E-state index is 0.0375. The molecule has 1 rings (SSSR count). The van der Waals surface area contributed by atoms with Crippen molar-refractivity contribution in [1.29, 1.82) is 0 Å². The summed E-state index contributed by atoms with van der Waals surface area (Å²) >= 11 is 0. The van der Waals surface area contributed by atoms with E-state index in [-0.39, 0.29) is 12.5 Å². The average Bonchev–Trinajstić information content (AvgIpc) is 2.33. The molecule has 0 amide bonds. The number of hydrazine groups is 1. The van der Waals surface area contributed by atoms with Gasteiger partial charge >= 0.3 is 6.18 Å². The van der Waals surface area contributed by atoms with Crippen LogP contribution in [-0.4, -0.2) is 12.2 Å². The number of hydrogen-bond acceptors (Lipinski definition) is 2. The molecule has 0 heterocycles. The first-order chi connectivity index (χ1) is 8.83. The SMILES string of the molecule is CC(C)C1CCC(C(CCCC(F)(F)F)NN)CC1. The van der Waals surface area contributed by atoms with Crippen molar-refractivity contribution in [3.8, 4) is 0 Å². The molecule has 5 heteroatoms. The molecule has 1 aliphatic carbocycles. The molecule has 1 unspecified atom stereocenters. The molecule has 0 aromatic carbocycles. The number of rotatable bonds is 6. The summed E-state index contributed by atoms with van der Waals surface area (Å²) in [6.45, 7) is 4.49. The van der Waals surface area contributed by atoms with E-state index in [0.717, 1.165) is 18.8 Å². The fourth-order valence-corrected chi connectivity index (χ4v) is 3.19. The van der Waals surface area contributed by atoms with Crippen LogP contribution in [0.4, 0.5) is 13.2 Å². The molecule has 114 valence electrons. The number of alkyl halides is 3. The maximum atomic E-state index is 12.1. The van der Waals surface area contributed by atoms with Crippen LogP contribution in [0.15, 0.2) is 0 Å². The Balaban J connectivity index is 2.32. The zero-order chi connectivity index (χ0) is 14.5. The van der Waals surface area contributed by atoms with Gasteiger partial charge in [0.05, 0.1) is 0 Å². The standard InChI is InChI=1S/C14H27F3N2/c1-10(2)11-5-7-12(8-6-11)13(19-18)4-3-9-14(15,16)17/h10-13,19H,3-9,18H2,1-2H3. The predicted octanol–water partition coefficient (Wildman–Crippen LogP) is 4.01. The van der Waals surface area contributed by atoms with Crippen LogP contribution in [0.5, 0.6) is 0 Å². The normalized spacial score (nSPS) is 26.7. The van der Waals surface area contributed by atoms with Crippen LogP contribution in [0.2, 0.25) is 0 Å². The Kier molecular flexibility index (Phi) is 6.60. The van der Waals surface area contributed by atoms with Gasteiger partial charge in [0.15, 0.2) is 0 Å². The van der Waals surface area contributed by atoms with Crippen LogP contribution in [-0.2, 0) is 0 Å². The van der Waals surface area contributed by atoms with E-state index >= 15 is 0 Å². The minimum Gasteiger partial charge on any atom is -0.271 e. The molecule has 0 aromatic heterocycles. The second-order valence-electron chi connectivity index (χ2n) is 6.20. The average molecular weight is 280 g/mol. The van der Waals surface area contributed by atoms with E-state index < -0.39 is 12.6 Å². The van der Waals surface area contributed by atoms with Gasteiger partial charge in [0.2, 0.25) is 0 Å². The van der Waals surface area contributed by atoms with Gasteiger partial charge < -0.3 is 0 Å². The topological polar surface area (TPSA) is 38.0 Å². The first-order valence-corrected chi connectivity index (χ1v) is 7.36.